The van der Waals surface area contributed by atoms with Crippen molar-refractivity contribution in [3.8, 4) is 11.8 Å². The summed E-state index contributed by atoms with van der Waals surface area (Å²) in [6.07, 6.45) is 1.22. The highest BCUT2D eigenvalue weighted by Gasteiger charge is 2.16. The molecule has 0 bridgehead atoms. The summed E-state index contributed by atoms with van der Waals surface area (Å²) < 4.78 is 5.40. The molecular weight excluding hydrogens is 250 g/mol. The molecule has 0 amide bonds. The summed E-state index contributed by atoms with van der Waals surface area (Å²) in [5, 5.41) is 9.90. The summed E-state index contributed by atoms with van der Waals surface area (Å²) in [6.45, 7) is 1.99. The van der Waals surface area contributed by atoms with E-state index in [1.807, 2.05) is 33.2 Å². The SMILES string of the molecule is COc1cccc2c(N(C)C)c(CCC#N)c(C)nc12. The van der Waals surface area contributed by atoms with Crippen molar-refractivity contribution in [3.63, 3.8) is 0 Å². The number of aryl methyl sites for hydroxylation is 1. The number of fused-ring (bicyclic) bond motifs is 1. The van der Waals surface area contributed by atoms with Gasteiger partial charge in [0.15, 0.2) is 0 Å². The Kier molecular flexibility index (Phi) is 4.09. The van der Waals surface area contributed by atoms with E-state index in [-0.39, 0.29) is 0 Å². The molecule has 0 atom stereocenters. The van der Waals surface area contributed by atoms with E-state index in [0.29, 0.717) is 6.42 Å². The molecule has 4 nitrogen and oxygen atoms in total. The van der Waals surface area contributed by atoms with Crippen LogP contribution < -0.4 is 9.64 Å². The predicted octanol–water partition coefficient (Wildman–Crippen LogP) is 3.07. The molecule has 0 aliphatic heterocycles. The maximum absolute atomic E-state index is 8.84. The Morgan fingerprint density at radius 3 is 2.70 bits per heavy atom. The smallest absolute Gasteiger partial charge is 0.145 e. The van der Waals surface area contributed by atoms with E-state index in [1.165, 1.54) is 0 Å². The van der Waals surface area contributed by atoms with E-state index >= 15 is 0 Å². The third-order valence-electron chi connectivity index (χ3n) is 3.41. The molecule has 0 unspecified atom stereocenters. The number of benzene rings is 1. The van der Waals surface area contributed by atoms with Crippen LogP contribution in [0.3, 0.4) is 0 Å². The summed E-state index contributed by atoms with van der Waals surface area (Å²) >= 11 is 0. The molecule has 0 spiro atoms. The van der Waals surface area contributed by atoms with Gasteiger partial charge in [0, 0.05) is 31.6 Å². The van der Waals surface area contributed by atoms with Crippen molar-refractivity contribution in [1.29, 1.82) is 5.26 Å². The lowest BCUT2D eigenvalue weighted by molar-refractivity contribution is 0.419. The zero-order valence-electron chi connectivity index (χ0n) is 12.4. The average molecular weight is 269 g/mol. The minimum atomic E-state index is 0.499. The Morgan fingerprint density at radius 1 is 1.35 bits per heavy atom. The number of ether oxygens (including phenoxy) is 1. The van der Waals surface area contributed by atoms with E-state index in [4.69, 9.17) is 10.00 Å². The second-order valence-corrected chi connectivity index (χ2v) is 4.93. The number of para-hydroxylation sites is 1. The number of rotatable bonds is 4. The third-order valence-corrected chi connectivity index (χ3v) is 3.41. The number of hydrogen-bond acceptors (Lipinski definition) is 4. The number of nitrogens with zero attached hydrogens (tertiary/aromatic N) is 3. The summed E-state index contributed by atoms with van der Waals surface area (Å²) in [7, 11) is 5.69. The van der Waals surface area contributed by atoms with E-state index in [2.05, 4.69) is 22.0 Å². The Bertz CT molecular complexity index is 671. The third kappa shape index (κ3) is 2.39. The number of methoxy groups -OCH3 is 1. The van der Waals surface area contributed by atoms with Gasteiger partial charge in [-0.1, -0.05) is 12.1 Å². The van der Waals surface area contributed by atoms with Gasteiger partial charge in [0.25, 0.3) is 0 Å². The summed E-state index contributed by atoms with van der Waals surface area (Å²) in [6, 6.07) is 8.15. The first-order chi connectivity index (χ1) is 9.60. The van der Waals surface area contributed by atoms with Gasteiger partial charge >= 0.3 is 0 Å². The Hall–Kier alpha value is -2.28. The molecule has 0 radical (unpaired) electrons. The second kappa shape index (κ2) is 5.79. The molecule has 1 aromatic carbocycles. The summed E-state index contributed by atoms with van der Waals surface area (Å²) in [5.74, 6) is 0.778. The highest BCUT2D eigenvalue weighted by atomic mass is 16.5. The Morgan fingerprint density at radius 2 is 2.10 bits per heavy atom. The van der Waals surface area contributed by atoms with Crippen LogP contribution in [-0.4, -0.2) is 26.2 Å². The van der Waals surface area contributed by atoms with E-state index in [1.54, 1.807) is 7.11 Å². The van der Waals surface area contributed by atoms with Crippen LogP contribution in [0.25, 0.3) is 10.9 Å². The predicted molar refractivity (Wildman–Crippen MR) is 81.3 cm³/mol. The van der Waals surface area contributed by atoms with Gasteiger partial charge in [0.1, 0.15) is 11.3 Å². The molecule has 0 saturated heterocycles. The summed E-state index contributed by atoms with van der Waals surface area (Å²) in [4.78, 5) is 6.77. The van der Waals surface area contributed by atoms with Crippen LogP contribution in [0.1, 0.15) is 17.7 Å². The molecule has 0 saturated carbocycles. The van der Waals surface area contributed by atoms with Gasteiger partial charge in [-0.2, -0.15) is 5.26 Å². The van der Waals surface area contributed by atoms with Crippen LogP contribution in [0, 0.1) is 18.3 Å². The molecule has 1 aromatic heterocycles. The van der Waals surface area contributed by atoms with Crippen LogP contribution in [0.5, 0.6) is 5.75 Å². The van der Waals surface area contributed by atoms with Gasteiger partial charge in [-0.15, -0.1) is 0 Å². The lowest BCUT2D eigenvalue weighted by Gasteiger charge is -2.22. The van der Waals surface area contributed by atoms with Crippen LogP contribution in [0.4, 0.5) is 5.69 Å². The highest BCUT2D eigenvalue weighted by Crippen LogP contribution is 2.35. The molecule has 4 heteroatoms. The van der Waals surface area contributed by atoms with Gasteiger partial charge in [0.05, 0.1) is 18.9 Å². The lowest BCUT2D eigenvalue weighted by Crippen LogP contribution is -2.14. The van der Waals surface area contributed by atoms with E-state index < -0.39 is 0 Å². The number of aromatic nitrogens is 1. The van der Waals surface area contributed by atoms with Crippen molar-refractivity contribution in [2.75, 3.05) is 26.1 Å². The van der Waals surface area contributed by atoms with Crippen LogP contribution in [0.2, 0.25) is 0 Å². The number of hydrogen-bond donors (Lipinski definition) is 0. The maximum Gasteiger partial charge on any atom is 0.145 e. The van der Waals surface area contributed by atoms with Crippen molar-refractivity contribution in [2.24, 2.45) is 0 Å². The first-order valence-corrected chi connectivity index (χ1v) is 6.60. The molecule has 104 valence electrons. The molecule has 0 N–H and O–H groups in total. The molecule has 0 fully saturated rings. The molecule has 0 aliphatic carbocycles. The van der Waals surface area contributed by atoms with Gasteiger partial charge in [0.2, 0.25) is 0 Å². The minimum Gasteiger partial charge on any atom is -0.494 e. The maximum atomic E-state index is 8.84. The fraction of sp³-hybridized carbons (Fsp3) is 0.375. The minimum absolute atomic E-state index is 0.499. The van der Waals surface area contributed by atoms with Crippen LogP contribution in [-0.2, 0) is 6.42 Å². The van der Waals surface area contributed by atoms with Crippen molar-refractivity contribution >= 4 is 16.6 Å². The highest BCUT2D eigenvalue weighted by molar-refractivity contribution is 5.97. The quantitative estimate of drug-likeness (QED) is 0.856. The van der Waals surface area contributed by atoms with Crippen molar-refractivity contribution in [3.05, 3.63) is 29.5 Å². The molecule has 1 heterocycles. The topological polar surface area (TPSA) is 49.1 Å². The molecule has 2 rings (SSSR count). The Balaban J connectivity index is 2.78. The number of nitriles is 1. The normalized spacial score (nSPS) is 10.3. The zero-order chi connectivity index (χ0) is 14.7. The average Bonchev–Trinajstić information content (AvgIpc) is 2.43. The molecule has 0 aliphatic rings. The van der Waals surface area contributed by atoms with Crippen molar-refractivity contribution < 1.29 is 4.74 Å². The van der Waals surface area contributed by atoms with Crippen molar-refractivity contribution in [1.82, 2.24) is 4.98 Å². The van der Waals surface area contributed by atoms with Crippen LogP contribution >= 0.6 is 0 Å². The van der Waals surface area contributed by atoms with Gasteiger partial charge in [-0.25, -0.2) is 4.98 Å². The van der Waals surface area contributed by atoms with E-state index in [9.17, 15) is 0 Å². The second-order valence-electron chi connectivity index (χ2n) is 4.93. The van der Waals surface area contributed by atoms with Gasteiger partial charge in [-0.05, 0) is 25.0 Å². The van der Waals surface area contributed by atoms with Gasteiger partial charge < -0.3 is 9.64 Å². The first-order valence-electron chi connectivity index (χ1n) is 6.60. The largest absolute Gasteiger partial charge is 0.494 e. The fourth-order valence-corrected chi connectivity index (χ4v) is 2.55. The van der Waals surface area contributed by atoms with E-state index in [0.717, 1.165) is 40.0 Å². The lowest BCUT2D eigenvalue weighted by atomic mass is 10.0. The van der Waals surface area contributed by atoms with Crippen LogP contribution in [0.15, 0.2) is 18.2 Å². The fourth-order valence-electron chi connectivity index (χ4n) is 2.55. The number of anilines is 1. The first kappa shape index (κ1) is 14.1. The molecule has 20 heavy (non-hydrogen) atoms. The van der Waals surface area contributed by atoms with Gasteiger partial charge in [-0.3, -0.25) is 0 Å². The molecule has 2 aromatic rings. The van der Waals surface area contributed by atoms with Crippen molar-refractivity contribution in [2.45, 2.75) is 19.8 Å². The molecular formula is C16H19N3O. The zero-order valence-corrected chi connectivity index (χ0v) is 12.4. The monoisotopic (exact) mass is 269 g/mol. The number of pyridine rings is 1. The summed E-state index contributed by atoms with van der Waals surface area (Å²) in [5.41, 5.74) is 4.09. The standard InChI is InChI=1S/C16H19N3O/c1-11-12(8-6-10-17)16(19(2)3)13-7-5-9-14(20-4)15(13)18-11/h5,7,9H,6,8H2,1-4H3. The Labute approximate surface area is 119 Å².